The Morgan fingerprint density at radius 2 is 2.00 bits per heavy atom. The van der Waals surface area contributed by atoms with Crippen molar-refractivity contribution in [2.24, 2.45) is 0 Å². The number of benzene rings is 1. The lowest BCUT2D eigenvalue weighted by molar-refractivity contribution is -0.0470. The summed E-state index contributed by atoms with van der Waals surface area (Å²) in [6.45, 7) is 0.615. The number of methoxy groups -OCH3 is 1. The first kappa shape index (κ1) is 16.5. The number of aromatic nitrogens is 3. The highest BCUT2D eigenvalue weighted by Crippen LogP contribution is 2.26. The molecule has 0 spiro atoms. The molecule has 0 atom stereocenters. The summed E-state index contributed by atoms with van der Waals surface area (Å²) < 4.78 is 6.50. The van der Waals surface area contributed by atoms with Gasteiger partial charge in [0.05, 0.1) is 19.0 Å². The Kier molecular flexibility index (Phi) is 4.57. The molecule has 0 saturated heterocycles. The molecule has 126 valence electrons. The van der Waals surface area contributed by atoms with Gasteiger partial charge in [-0.15, -0.1) is 0 Å². The Labute approximate surface area is 143 Å². The lowest BCUT2D eigenvalue weighted by atomic mass is 10.2. The molecule has 0 bridgehead atoms. The Morgan fingerprint density at radius 1 is 1.29 bits per heavy atom. The van der Waals surface area contributed by atoms with Crippen molar-refractivity contribution >= 4 is 22.9 Å². The summed E-state index contributed by atoms with van der Waals surface area (Å²) in [6, 6.07) is 9.44. The maximum Gasteiger partial charge on any atom is 0.197 e. The molecular weight excluding hydrogens is 332 g/mol. The standard InChI is InChI=1S/C16H17ClN4O3/c1-20(9-10-3-5-11(24-2)6-4-10)12-7-14(17)19-21-13(16(22)23)8-18-15(12)21/h3-8,16,22-23H,9H2,1-2H3. The number of aliphatic hydroxyl groups is 2. The molecule has 1 aromatic carbocycles. The molecule has 0 aliphatic heterocycles. The molecular formula is C16H17ClN4O3. The number of hydrogen-bond acceptors (Lipinski definition) is 6. The number of halogens is 1. The van der Waals surface area contributed by atoms with E-state index in [1.807, 2.05) is 36.2 Å². The molecule has 3 aromatic rings. The summed E-state index contributed by atoms with van der Waals surface area (Å²) in [7, 11) is 3.53. The predicted molar refractivity (Wildman–Crippen MR) is 90.3 cm³/mol. The summed E-state index contributed by atoms with van der Waals surface area (Å²) in [5.74, 6) is 0.797. The number of ether oxygens (including phenoxy) is 1. The van der Waals surface area contributed by atoms with E-state index in [4.69, 9.17) is 16.3 Å². The van der Waals surface area contributed by atoms with E-state index in [9.17, 15) is 10.2 Å². The molecule has 24 heavy (non-hydrogen) atoms. The molecule has 2 heterocycles. The monoisotopic (exact) mass is 348 g/mol. The predicted octanol–water partition coefficient (Wildman–Crippen LogP) is 2.01. The van der Waals surface area contributed by atoms with E-state index >= 15 is 0 Å². The average Bonchev–Trinajstić information content (AvgIpc) is 2.98. The summed E-state index contributed by atoms with van der Waals surface area (Å²) in [6.07, 6.45) is -0.306. The van der Waals surface area contributed by atoms with E-state index in [1.54, 1.807) is 13.2 Å². The van der Waals surface area contributed by atoms with Gasteiger partial charge >= 0.3 is 0 Å². The fourth-order valence-electron chi connectivity index (χ4n) is 2.49. The molecule has 0 aliphatic rings. The normalized spacial score (nSPS) is 11.2. The van der Waals surface area contributed by atoms with Gasteiger partial charge in [0.15, 0.2) is 17.1 Å². The second-order valence-corrected chi connectivity index (χ2v) is 5.74. The Hall–Kier alpha value is -2.35. The lowest BCUT2D eigenvalue weighted by Crippen LogP contribution is -2.18. The zero-order valence-corrected chi connectivity index (χ0v) is 14.0. The van der Waals surface area contributed by atoms with Crippen LogP contribution < -0.4 is 9.64 Å². The topological polar surface area (TPSA) is 83.1 Å². The van der Waals surface area contributed by atoms with Crippen molar-refractivity contribution in [3.8, 4) is 5.75 Å². The van der Waals surface area contributed by atoms with Crippen LogP contribution in [0.1, 0.15) is 17.5 Å². The molecule has 0 saturated carbocycles. The summed E-state index contributed by atoms with van der Waals surface area (Å²) >= 11 is 6.08. The molecule has 8 heteroatoms. The largest absolute Gasteiger partial charge is 0.497 e. The number of fused-ring (bicyclic) bond motifs is 1. The van der Waals surface area contributed by atoms with Crippen LogP contribution in [0.15, 0.2) is 36.5 Å². The number of imidazole rings is 1. The molecule has 2 aromatic heterocycles. The second-order valence-electron chi connectivity index (χ2n) is 5.35. The third-order valence-corrected chi connectivity index (χ3v) is 3.88. The van der Waals surface area contributed by atoms with Crippen molar-refractivity contribution in [3.63, 3.8) is 0 Å². The molecule has 0 fully saturated rings. The summed E-state index contributed by atoms with van der Waals surface area (Å²) in [5, 5.41) is 23.1. The first-order chi connectivity index (χ1) is 11.5. The van der Waals surface area contributed by atoms with Gasteiger partial charge in [-0.2, -0.15) is 5.10 Å². The van der Waals surface area contributed by atoms with Gasteiger partial charge < -0.3 is 19.8 Å². The van der Waals surface area contributed by atoms with Gasteiger partial charge in [0, 0.05) is 19.7 Å². The smallest absolute Gasteiger partial charge is 0.197 e. The zero-order valence-electron chi connectivity index (χ0n) is 13.2. The average molecular weight is 349 g/mol. The van der Waals surface area contributed by atoms with Crippen molar-refractivity contribution in [1.82, 2.24) is 14.6 Å². The summed E-state index contributed by atoms with van der Waals surface area (Å²) in [4.78, 5) is 6.19. The molecule has 2 N–H and O–H groups in total. The van der Waals surface area contributed by atoms with Crippen LogP contribution in [0.2, 0.25) is 5.15 Å². The van der Waals surface area contributed by atoms with Crippen LogP contribution in [0.4, 0.5) is 5.69 Å². The van der Waals surface area contributed by atoms with Crippen LogP contribution in [-0.2, 0) is 6.54 Å². The first-order valence-electron chi connectivity index (χ1n) is 7.24. The van der Waals surface area contributed by atoms with Crippen molar-refractivity contribution in [1.29, 1.82) is 0 Å². The third-order valence-electron chi connectivity index (χ3n) is 3.70. The van der Waals surface area contributed by atoms with Crippen LogP contribution in [0.5, 0.6) is 5.75 Å². The van der Waals surface area contributed by atoms with E-state index < -0.39 is 6.29 Å². The van der Waals surface area contributed by atoms with Crippen molar-refractivity contribution in [2.75, 3.05) is 19.1 Å². The maximum atomic E-state index is 9.40. The van der Waals surface area contributed by atoms with Crippen LogP contribution in [0.25, 0.3) is 5.65 Å². The quantitative estimate of drug-likeness (QED) is 0.686. The van der Waals surface area contributed by atoms with Gasteiger partial charge in [0.25, 0.3) is 0 Å². The number of rotatable bonds is 5. The minimum Gasteiger partial charge on any atom is -0.497 e. The Bertz CT molecular complexity index is 848. The lowest BCUT2D eigenvalue weighted by Gasteiger charge is -2.20. The zero-order chi connectivity index (χ0) is 17.3. The number of hydrogen-bond donors (Lipinski definition) is 2. The molecule has 0 aliphatic carbocycles. The first-order valence-corrected chi connectivity index (χ1v) is 7.62. The molecule has 0 radical (unpaired) electrons. The van der Waals surface area contributed by atoms with Crippen molar-refractivity contribution in [2.45, 2.75) is 12.8 Å². The highest BCUT2D eigenvalue weighted by Gasteiger charge is 2.17. The van der Waals surface area contributed by atoms with Gasteiger partial charge in [0.2, 0.25) is 0 Å². The van der Waals surface area contributed by atoms with E-state index in [2.05, 4.69) is 10.1 Å². The van der Waals surface area contributed by atoms with E-state index in [0.717, 1.165) is 17.0 Å². The minimum absolute atomic E-state index is 0.159. The fourth-order valence-corrected chi connectivity index (χ4v) is 2.67. The minimum atomic E-state index is -1.68. The van der Waals surface area contributed by atoms with E-state index in [1.165, 1.54) is 10.7 Å². The van der Waals surface area contributed by atoms with Crippen LogP contribution in [-0.4, -0.2) is 39.0 Å². The van der Waals surface area contributed by atoms with Crippen LogP contribution in [0.3, 0.4) is 0 Å². The maximum absolute atomic E-state index is 9.40. The Balaban J connectivity index is 1.95. The molecule has 7 nitrogen and oxygen atoms in total. The number of anilines is 1. The molecule has 3 rings (SSSR count). The fraction of sp³-hybridized carbons (Fsp3) is 0.250. The molecule has 0 amide bonds. The van der Waals surface area contributed by atoms with Gasteiger partial charge in [-0.25, -0.2) is 9.50 Å². The van der Waals surface area contributed by atoms with Crippen molar-refractivity contribution in [3.05, 3.63) is 52.9 Å². The second kappa shape index (κ2) is 6.64. The third kappa shape index (κ3) is 3.14. The van der Waals surface area contributed by atoms with Gasteiger partial charge in [-0.05, 0) is 17.7 Å². The Morgan fingerprint density at radius 3 is 2.62 bits per heavy atom. The highest BCUT2D eigenvalue weighted by atomic mass is 35.5. The van der Waals surface area contributed by atoms with E-state index in [-0.39, 0.29) is 10.8 Å². The highest BCUT2D eigenvalue weighted by molar-refractivity contribution is 6.29. The van der Waals surface area contributed by atoms with Crippen LogP contribution in [0, 0.1) is 0 Å². The van der Waals surface area contributed by atoms with Gasteiger partial charge in [-0.3, -0.25) is 0 Å². The summed E-state index contributed by atoms with van der Waals surface area (Å²) in [5.41, 5.74) is 2.47. The van der Waals surface area contributed by atoms with Crippen molar-refractivity contribution < 1.29 is 14.9 Å². The van der Waals surface area contributed by atoms with E-state index in [0.29, 0.717) is 12.2 Å². The number of nitrogens with zero attached hydrogens (tertiary/aromatic N) is 4. The van der Waals surface area contributed by atoms with Gasteiger partial charge in [-0.1, -0.05) is 23.7 Å². The van der Waals surface area contributed by atoms with Gasteiger partial charge in [0.1, 0.15) is 11.4 Å². The number of aliphatic hydroxyl groups excluding tert-OH is 1. The SMILES string of the molecule is COc1ccc(CN(C)c2cc(Cl)nn3c(C(O)O)cnc23)cc1. The van der Waals surface area contributed by atoms with Crippen LogP contribution >= 0.6 is 11.6 Å². The molecule has 0 unspecified atom stereocenters.